The van der Waals surface area contributed by atoms with E-state index in [0.29, 0.717) is 5.32 Å². The molecule has 7 heteroatoms. The highest BCUT2D eigenvalue weighted by atomic mass is 79.9. The number of quaternary nitrogens is 1. The smallest absolute Gasteiger partial charge is 0.447 e. The second-order valence-electron chi connectivity index (χ2n) is 1.47. The summed E-state index contributed by atoms with van der Waals surface area (Å²) in [6.45, 7) is 0. The zero-order valence-corrected chi connectivity index (χ0v) is 8.25. The van der Waals surface area contributed by atoms with Crippen LogP contribution < -0.4 is 39.3 Å². The van der Waals surface area contributed by atoms with Gasteiger partial charge in [-0.25, -0.2) is 9.59 Å². The van der Waals surface area contributed by atoms with Crippen molar-refractivity contribution in [2.24, 2.45) is 4.99 Å². The molecule has 0 unspecified atom stereocenters. The number of carbonyl (C=O) groups is 3. The third-order valence-corrected chi connectivity index (χ3v) is 0.806. The lowest BCUT2D eigenvalue weighted by molar-refractivity contribution is -0.462. The van der Waals surface area contributed by atoms with Crippen LogP contribution >= 0.6 is 0 Å². The number of hydrogen-bond acceptors (Lipinski definition) is 3. The Morgan fingerprint density at radius 3 is 2.09 bits per heavy atom. The van der Waals surface area contributed by atoms with Crippen LogP contribution in [-0.4, -0.2) is 23.9 Å². The summed E-state index contributed by atoms with van der Waals surface area (Å²) in [5, 5.41) is 0.669. The summed E-state index contributed by atoms with van der Waals surface area (Å²) in [7, 11) is 0. The van der Waals surface area contributed by atoms with E-state index >= 15 is 0 Å². The number of nitrogens with zero attached hydrogens (tertiary/aromatic N) is 1. The highest BCUT2D eigenvalue weighted by molar-refractivity contribution is 6.58. The Labute approximate surface area is 82.8 Å². The fourth-order valence-corrected chi connectivity index (χ4v) is 0.406. The van der Waals surface area contributed by atoms with Gasteiger partial charge in [-0.2, -0.15) is 10.3 Å². The number of aliphatic imine (C=N–C) groups is 1. The molecule has 0 aliphatic carbocycles. The minimum atomic E-state index is -0.796. The highest BCUT2D eigenvalue weighted by Crippen LogP contribution is 1.72. The van der Waals surface area contributed by atoms with Gasteiger partial charge in [-0.1, -0.05) is 0 Å². The standard InChI is InChI=1S/C4H2N2O3.2BrH/c7-2-1-5-4(9)6-3(2)8;;/h1H,(H,6,8,9);2*1H/p-1. The number of imide groups is 1. The van der Waals surface area contributed by atoms with Gasteiger partial charge in [0, 0.05) is 0 Å². The van der Waals surface area contributed by atoms with Gasteiger partial charge in [-0.15, -0.1) is 0 Å². The highest BCUT2D eigenvalue weighted by Gasteiger charge is 2.24. The first-order valence-corrected chi connectivity index (χ1v) is 2.21. The Bertz CT molecular complexity index is 225. The number of ketones is 1. The Hall–Kier alpha value is -0.400. The van der Waals surface area contributed by atoms with Crippen LogP contribution in [0.25, 0.3) is 0 Å². The van der Waals surface area contributed by atoms with E-state index in [-0.39, 0.29) is 34.0 Å². The third-order valence-electron chi connectivity index (χ3n) is 0.806. The van der Waals surface area contributed by atoms with Crippen molar-refractivity contribution >= 4 is 23.9 Å². The van der Waals surface area contributed by atoms with E-state index in [1.807, 2.05) is 0 Å². The molecule has 1 heterocycles. The Kier molecular flexibility index (Phi) is 6.34. The van der Waals surface area contributed by atoms with E-state index in [0.717, 1.165) is 6.21 Å². The molecule has 62 valence electrons. The third kappa shape index (κ3) is 3.49. The first-order chi connectivity index (χ1) is 4.20. The molecule has 0 fully saturated rings. The first kappa shape index (κ1) is 13.2. The number of amides is 3. The van der Waals surface area contributed by atoms with Crippen LogP contribution in [0.2, 0.25) is 0 Å². The van der Waals surface area contributed by atoms with Gasteiger partial charge in [0.2, 0.25) is 0 Å². The summed E-state index contributed by atoms with van der Waals surface area (Å²) in [4.78, 5) is 33.8. The molecule has 2 N–H and O–H groups in total. The van der Waals surface area contributed by atoms with Gasteiger partial charge in [-0.05, 0) is 0 Å². The molecular weight excluding hydrogens is 284 g/mol. The lowest BCUT2D eigenvalue weighted by Gasteiger charge is -1.92. The van der Waals surface area contributed by atoms with E-state index < -0.39 is 17.7 Å². The summed E-state index contributed by atoms with van der Waals surface area (Å²) >= 11 is 0. The number of urea groups is 1. The molecule has 0 radical (unpaired) electrons. The van der Waals surface area contributed by atoms with Gasteiger partial charge >= 0.3 is 17.7 Å². The van der Waals surface area contributed by atoms with Crippen LogP contribution in [0.1, 0.15) is 0 Å². The summed E-state index contributed by atoms with van der Waals surface area (Å²) in [6.07, 6.45) is 0.727. The number of halogens is 2. The lowest BCUT2D eigenvalue weighted by Crippen LogP contribution is -3.00. The van der Waals surface area contributed by atoms with Crippen molar-refractivity contribution in [3.63, 3.8) is 0 Å². The normalized spacial score (nSPS) is 15.5. The fourth-order valence-electron chi connectivity index (χ4n) is 0.406. The van der Waals surface area contributed by atoms with E-state index in [4.69, 9.17) is 0 Å². The van der Waals surface area contributed by atoms with Crippen molar-refractivity contribution in [3.8, 4) is 0 Å². The zero-order chi connectivity index (χ0) is 6.85. The maximum atomic E-state index is 10.3. The van der Waals surface area contributed by atoms with Crippen LogP contribution in [0.5, 0.6) is 0 Å². The van der Waals surface area contributed by atoms with Crippen molar-refractivity contribution in [2.45, 2.75) is 0 Å². The van der Waals surface area contributed by atoms with Gasteiger partial charge in [0.1, 0.15) is 0 Å². The summed E-state index contributed by atoms with van der Waals surface area (Å²) < 4.78 is 0. The average Bonchev–Trinajstić information content (AvgIpc) is 1.80. The van der Waals surface area contributed by atoms with Crippen LogP contribution in [0, 0.1) is 0 Å². The van der Waals surface area contributed by atoms with Gasteiger partial charge < -0.3 is 34.0 Å². The first-order valence-electron chi connectivity index (χ1n) is 2.21. The summed E-state index contributed by atoms with van der Waals surface area (Å²) in [6, 6.07) is -0.667. The van der Waals surface area contributed by atoms with Crippen LogP contribution in [0.15, 0.2) is 4.99 Å². The van der Waals surface area contributed by atoms with Crippen molar-refractivity contribution in [2.75, 3.05) is 0 Å². The largest absolute Gasteiger partial charge is 1.00 e. The SMILES string of the molecule is O=C1N=CC(=O)C(=O)[NH2+]1.[Br-].[Br-]. The molecule has 0 saturated heterocycles. The molecule has 11 heavy (non-hydrogen) atoms. The number of carbonyl (C=O) groups excluding carboxylic acids is 3. The number of primary amides is 2. The minimum Gasteiger partial charge on any atom is -1.00 e. The Morgan fingerprint density at radius 2 is 1.73 bits per heavy atom. The molecule has 5 nitrogen and oxygen atoms in total. The molecule has 0 aromatic rings. The molecule has 1 aliphatic rings. The summed E-state index contributed by atoms with van der Waals surface area (Å²) in [5.74, 6) is -1.54. The molecule has 1 aliphatic heterocycles. The number of hydrogen-bond donors (Lipinski definition) is 1. The average molecular weight is 287 g/mol. The monoisotopic (exact) mass is 285 g/mol. The Morgan fingerprint density at radius 1 is 1.18 bits per heavy atom. The second-order valence-corrected chi connectivity index (χ2v) is 1.47. The predicted molar refractivity (Wildman–Crippen MR) is 25.8 cm³/mol. The van der Waals surface area contributed by atoms with Crippen LogP contribution in [-0.2, 0) is 9.59 Å². The van der Waals surface area contributed by atoms with Crippen molar-refractivity contribution in [3.05, 3.63) is 0 Å². The predicted octanol–water partition coefficient (Wildman–Crippen LogP) is -8.14. The maximum absolute atomic E-state index is 10.3. The van der Waals surface area contributed by atoms with Gasteiger partial charge in [0.25, 0.3) is 0 Å². The molecule has 0 aromatic heterocycles. The quantitative estimate of drug-likeness (QED) is 0.449. The van der Waals surface area contributed by atoms with Crippen molar-refractivity contribution < 1.29 is 53.7 Å². The lowest BCUT2D eigenvalue weighted by atomic mass is 10.4. The van der Waals surface area contributed by atoms with E-state index in [1.165, 1.54) is 0 Å². The molecule has 0 aromatic carbocycles. The molecule has 0 bridgehead atoms. The minimum absolute atomic E-state index is 0. The van der Waals surface area contributed by atoms with E-state index in [1.54, 1.807) is 0 Å². The van der Waals surface area contributed by atoms with Gasteiger partial charge in [0.05, 0.1) is 6.21 Å². The topological polar surface area (TPSA) is 80.2 Å². The maximum Gasteiger partial charge on any atom is 0.447 e. The molecular formula is C4H3Br2N2O3-. The number of rotatable bonds is 0. The molecule has 0 saturated carbocycles. The number of nitrogens with two attached hydrogens (primary N) is 1. The fraction of sp³-hybridized carbons (Fsp3) is 0. The van der Waals surface area contributed by atoms with Crippen LogP contribution in [0.3, 0.4) is 0 Å². The van der Waals surface area contributed by atoms with Crippen molar-refractivity contribution in [1.29, 1.82) is 0 Å². The molecule has 1 rings (SSSR count). The number of Topliss-reactive ketones (excluding diaryl/α,β-unsaturated/α-hetero) is 1. The summed E-state index contributed by atoms with van der Waals surface area (Å²) in [5.41, 5.74) is 0. The van der Waals surface area contributed by atoms with Crippen molar-refractivity contribution in [1.82, 2.24) is 0 Å². The van der Waals surface area contributed by atoms with Crippen LogP contribution in [0.4, 0.5) is 4.79 Å². The van der Waals surface area contributed by atoms with E-state index in [2.05, 4.69) is 4.99 Å². The molecule has 3 amide bonds. The van der Waals surface area contributed by atoms with Gasteiger partial charge in [-0.3, -0.25) is 4.79 Å². The van der Waals surface area contributed by atoms with Gasteiger partial charge in [0.15, 0.2) is 0 Å². The molecule has 0 spiro atoms. The molecule has 0 atom stereocenters. The Balaban J connectivity index is 0. The van der Waals surface area contributed by atoms with E-state index in [9.17, 15) is 14.4 Å². The zero-order valence-electron chi connectivity index (χ0n) is 5.08. The second kappa shape index (κ2) is 5.28.